The van der Waals surface area contributed by atoms with Crippen LogP contribution in [0.5, 0.6) is 0 Å². The first kappa shape index (κ1) is 29.2. The fourth-order valence-electron chi connectivity index (χ4n) is 3.59. The molecule has 0 amide bonds. The summed E-state index contributed by atoms with van der Waals surface area (Å²) >= 11 is 0. The zero-order valence-electron chi connectivity index (χ0n) is 19.9. The Morgan fingerprint density at radius 1 is 1.00 bits per heavy atom. The molecule has 0 radical (unpaired) electrons. The van der Waals surface area contributed by atoms with Crippen LogP contribution in [-0.4, -0.2) is 79.1 Å². The lowest BCUT2D eigenvalue weighted by Gasteiger charge is -2.46. The van der Waals surface area contributed by atoms with Gasteiger partial charge in [-0.05, 0) is 19.3 Å². The molecule has 7 nitrogen and oxygen atoms in total. The van der Waals surface area contributed by atoms with E-state index in [9.17, 15) is 9.90 Å². The minimum absolute atomic E-state index is 0.0260. The second-order valence-electron chi connectivity index (χ2n) is 8.60. The van der Waals surface area contributed by atoms with Crippen molar-refractivity contribution in [3.05, 3.63) is 0 Å². The predicted molar refractivity (Wildman–Crippen MR) is 116 cm³/mol. The van der Waals surface area contributed by atoms with Crippen LogP contribution in [0.1, 0.15) is 72.6 Å². The summed E-state index contributed by atoms with van der Waals surface area (Å²) in [6.07, 6.45) is -2.22. The van der Waals surface area contributed by atoms with Crippen molar-refractivity contribution in [3.63, 3.8) is 0 Å². The maximum absolute atomic E-state index is 15.1. The summed E-state index contributed by atoms with van der Waals surface area (Å²) in [5.74, 6) is -6.19. The Morgan fingerprint density at radius 2 is 1.53 bits per heavy atom. The van der Waals surface area contributed by atoms with Crippen molar-refractivity contribution in [1.82, 2.24) is 0 Å². The van der Waals surface area contributed by atoms with Crippen molar-refractivity contribution in [2.24, 2.45) is 5.92 Å². The quantitative estimate of drug-likeness (QED) is 0.311. The largest absolute Gasteiger partial charge is 0.481 e. The van der Waals surface area contributed by atoms with Crippen LogP contribution in [-0.2, 0) is 23.7 Å². The van der Waals surface area contributed by atoms with E-state index in [2.05, 4.69) is 0 Å². The molecule has 1 rings (SSSR count). The molecule has 0 saturated carbocycles. The Labute approximate surface area is 190 Å². The Balaban J connectivity index is 3.11. The molecule has 1 heterocycles. The molecule has 9 heteroatoms. The molecule has 0 aromatic heterocycles. The van der Waals surface area contributed by atoms with E-state index in [4.69, 9.17) is 24.1 Å². The number of unbranched alkanes of at least 4 members (excludes halogenated alkanes) is 3. The molecule has 0 unspecified atom stereocenters. The molecule has 1 saturated heterocycles. The highest BCUT2D eigenvalue weighted by Gasteiger charge is 2.56. The van der Waals surface area contributed by atoms with Crippen LogP contribution >= 0.6 is 0 Å². The molecule has 32 heavy (non-hydrogen) atoms. The highest BCUT2D eigenvalue weighted by atomic mass is 19.3. The first-order chi connectivity index (χ1) is 15.2. The highest BCUT2D eigenvalue weighted by molar-refractivity contribution is 5.69. The number of hydrogen-bond acceptors (Lipinski definition) is 6. The number of ether oxygens (including phenoxy) is 4. The molecular formula is C23H42F2O7. The molecule has 0 spiro atoms. The average molecular weight is 469 g/mol. The van der Waals surface area contributed by atoms with Gasteiger partial charge in [-0.2, -0.15) is 0 Å². The first-order valence-electron chi connectivity index (χ1n) is 11.9. The molecule has 6 atom stereocenters. The van der Waals surface area contributed by atoms with Crippen LogP contribution in [0, 0.1) is 5.92 Å². The topological polar surface area (TPSA) is 94.5 Å². The van der Waals surface area contributed by atoms with Crippen molar-refractivity contribution >= 4 is 5.97 Å². The summed E-state index contributed by atoms with van der Waals surface area (Å²) in [6, 6.07) is 0. The van der Waals surface area contributed by atoms with Crippen LogP contribution in [0.2, 0.25) is 0 Å². The van der Waals surface area contributed by atoms with Gasteiger partial charge in [0.25, 0.3) is 5.92 Å². The van der Waals surface area contributed by atoms with Crippen molar-refractivity contribution in [1.29, 1.82) is 0 Å². The maximum Gasteiger partial charge on any atom is 0.306 e. The van der Waals surface area contributed by atoms with Gasteiger partial charge in [-0.15, -0.1) is 0 Å². The van der Waals surface area contributed by atoms with Gasteiger partial charge in [0.15, 0.2) is 0 Å². The second-order valence-corrected chi connectivity index (χ2v) is 8.60. The van der Waals surface area contributed by atoms with Gasteiger partial charge in [0.05, 0.1) is 12.5 Å². The van der Waals surface area contributed by atoms with Crippen LogP contribution in [0.25, 0.3) is 0 Å². The molecule has 1 aliphatic heterocycles. The molecule has 0 aliphatic carbocycles. The summed E-state index contributed by atoms with van der Waals surface area (Å²) in [4.78, 5) is 11.1. The van der Waals surface area contributed by atoms with Gasteiger partial charge in [0.1, 0.15) is 30.5 Å². The van der Waals surface area contributed by atoms with Crippen molar-refractivity contribution < 1.29 is 42.7 Å². The smallest absolute Gasteiger partial charge is 0.306 e. The zero-order chi connectivity index (χ0) is 24.1. The lowest BCUT2D eigenvalue weighted by molar-refractivity contribution is -0.299. The monoisotopic (exact) mass is 468 g/mol. The molecule has 0 aromatic carbocycles. The van der Waals surface area contributed by atoms with Crippen LogP contribution in [0.3, 0.4) is 0 Å². The molecule has 1 aliphatic rings. The third kappa shape index (κ3) is 9.17. The minimum atomic E-state index is -3.57. The van der Waals surface area contributed by atoms with Gasteiger partial charge in [-0.1, -0.05) is 47.0 Å². The van der Waals surface area contributed by atoms with Gasteiger partial charge in [-0.25, -0.2) is 8.78 Å². The molecule has 0 aromatic rings. The van der Waals surface area contributed by atoms with Crippen molar-refractivity contribution in [2.45, 2.75) is 109 Å². The third-order valence-corrected chi connectivity index (χ3v) is 5.62. The van der Waals surface area contributed by atoms with Gasteiger partial charge in [-0.3, -0.25) is 4.79 Å². The molecule has 1 fully saturated rings. The summed E-state index contributed by atoms with van der Waals surface area (Å²) in [5, 5.41) is 20.0. The van der Waals surface area contributed by atoms with Gasteiger partial charge in [0.2, 0.25) is 0 Å². The van der Waals surface area contributed by atoms with E-state index in [1.807, 2.05) is 20.8 Å². The highest BCUT2D eigenvalue weighted by Crippen LogP contribution is 2.38. The van der Waals surface area contributed by atoms with E-state index >= 15 is 8.78 Å². The van der Waals surface area contributed by atoms with Gasteiger partial charge >= 0.3 is 5.97 Å². The number of hydrogen-bond donors (Lipinski definition) is 2. The molecule has 190 valence electrons. The van der Waals surface area contributed by atoms with E-state index in [-0.39, 0.29) is 6.61 Å². The number of carboxylic acid groups (broad SMARTS) is 1. The lowest BCUT2D eigenvalue weighted by atomic mass is 9.88. The Morgan fingerprint density at radius 3 is 2.06 bits per heavy atom. The van der Waals surface area contributed by atoms with Gasteiger partial charge < -0.3 is 29.2 Å². The van der Waals surface area contributed by atoms with E-state index in [1.54, 1.807) is 0 Å². The average Bonchev–Trinajstić information content (AvgIpc) is 2.73. The number of rotatable bonds is 17. The van der Waals surface area contributed by atoms with E-state index in [1.165, 1.54) is 6.92 Å². The number of halogens is 2. The zero-order valence-corrected chi connectivity index (χ0v) is 19.9. The Bertz CT molecular complexity index is 521. The third-order valence-electron chi connectivity index (χ3n) is 5.62. The van der Waals surface area contributed by atoms with Crippen LogP contribution < -0.4 is 0 Å². The predicted octanol–water partition coefficient (Wildman–Crippen LogP) is 4.05. The normalized spacial score (nSPS) is 27.4. The van der Waals surface area contributed by atoms with Crippen molar-refractivity contribution in [3.8, 4) is 0 Å². The number of carbonyl (C=O) groups is 1. The molecular weight excluding hydrogens is 426 g/mol. The van der Waals surface area contributed by atoms with Gasteiger partial charge in [0, 0.05) is 26.2 Å². The van der Waals surface area contributed by atoms with Crippen LogP contribution in [0.15, 0.2) is 0 Å². The van der Waals surface area contributed by atoms with E-state index in [0.717, 1.165) is 32.1 Å². The van der Waals surface area contributed by atoms with E-state index < -0.39 is 54.8 Å². The SMILES string of the molecule is CCCCOC[C@H]1O[C@H](C(F)(F)C[C@@H](C)C(=O)O)[C@H](O)[C@@H](OCCCC)[C@H]1OCCCC. The number of carboxylic acids is 1. The fraction of sp³-hybridized carbons (Fsp3) is 0.957. The Hall–Kier alpha value is -0.870. The standard InChI is InChI=1S/C23H42F2O7/c1-5-8-11-29-15-17-19(30-12-9-6-2)20(31-13-10-7-3)18(26)21(32-17)23(24,25)14-16(4)22(27)28/h16-21,26H,5-15H2,1-4H3,(H,27,28)/t16-,17-,18-,19+,20-,21+/m1/s1. The lowest BCUT2D eigenvalue weighted by Crippen LogP contribution is -2.65. The molecule has 2 N–H and O–H groups in total. The summed E-state index contributed by atoms with van der Waals surface area (Å²) in [7, 11) is 0. The van der Waals surface area contributed by atoms with Crippen LogP contribution in [0.4, 0.5) is 8.78 Å². The number of aliphatic hydroxyl groups excluding tert-OH is 1. The minimum Gasteiger partial charge on any atom is -0.481 e. The Kier molecular flexibility index (Phi) is 13.8. The second kappa shape index (κ2) is 15.1. The number of aliphatic carboxylic acids is 1. The van der Waals surface area contributed by atoms with E-state index in [0.29, 0.717) is 26.2 Å². The summed E-state index contributed by atoms with van der Waals surface area (Å²) in [6.45, 7) is 8.38. The number of aliphatic hydroxyl groups is 1. The molecule has 0 bridgehead atoms. The van der Waals surface area contributed by atoms with Crippen molar-refractivity contribution in [2.75, 3.05) is 26.4 Å². The maximum atomic E-state index is 15.1. The fourth-order valence-corrected chi connectivity index (χ4v) is 3.59. The number of alkyl halides is 2. The summed E-state index contributed by atoms with van der Waals surface area (Å²) < 4.78 is 53.3. The summed E-state index contributed by atoms with van der Waals surface area (Å²) in [5.41, 5.74) is 0. The first-order valence-corrected chi connectivity index (χ1v) is 11.9.